The molecule has 0 aliphatic rings. The number of benzene rings is 2. The quantitative estimate of drug-likeness (QED) is 0.568. The van der Waals surface area contributed by atoms with E-state index >= 15 is 0 Å². The van der Waals surface area contributed by atoms with E-state index in [1.807, 2.05) is 55.5 Å². The molecule has 1 aromatic heterocycles. The number of aryl methyl sites for hydroxylation is 1. The Hall–Kier alpha value is -3.08. The fourth-order valence-corrected chi connectivity index (χ4v) is 2.54. The molecule has 27 heavy (non-hydrogen) atoms. The Bertz CT molecular complexity index is 850. The van der Waals surface area contributed by atoms with Gasteiger partial charge in [0, 0.05) is 23.5 Å². The molecular formula is C22H26N4O. The summed E-state index contributed by atoms with van der Waals surface area (Å²) in [6.45, 7) is 6.78. The fourth-order valence-electron chi connectivity index (χ4n) is 2.54. The first-order valence-electron chi connectivity index (χ1n) is 9.28. The van der Waals surface area contributed by atoms with Crippen molar-refractivity contribution in [3.8, 4) is 5.75 Å². The monoisotopic (exact) mass is 362 g/mol. The lowest BCUT2D eigenvalue weighted by molar-refractivity contribution is 0.306. The van der Waals surface area contributed by atoms with Crippen LogP contribution in [0.25, 0.3) is 0 Å². The SMILES string of the molecule is CCC(C)Nc1nc(C)cc(Nc2ccc(OCc3ccccc3)cc2)n1. The molecule has 0 saturated heterocycles. The second-order valence-electron chi connectivity index (χ2n) is 6.60. The first-order valence-corrected chi connectivity index (χ1v) is 9.28. The number of ether oxygens (including phenoxy) is 1. The van der Waals surface area contributed by atoms with Gasteiger partial charge in [0.05, 0.1) is 0 Å². The molecule has 0 bridgehead atoms. The maximum absolute atomic E-state index is 5.83. The molecule has 5 nitrogen and oxygen atoms in total. The van der Waals surface area contributed by atoms with E-state index in [4.69, 9.17) is 4.74 Å². The minimum Gasteiger partial charge on any atom is -0.489 e. The molecule has 0 saturated carbocycles. The van der Waals surface area contributed by atoms with Crippen molar-refractivity contribution in [1.29, 1.82) is 0 Å². The first kappa shape index (κ1) is 18.7. The molecule has 0 amide bonds. The van der Waals surface area contributed by atoms with Gasteiger partial charge in [0.15, 0.2) is 0 Å². The minimum atomic E-state index is 0.334. The maximum Gasteiger partial charge on any atom is 0.225 e. The number of rotatable bonds is 8. The van der Waals surface area contributed by atoms with Gasteiger partial charge in [0.1, 0.15) is 18.2 Å². The molecule has 1 unspecified atom stereocenters. The van der Waals surface area contributed by atoms with Gasteiger partial charge in [-0.2, -0.15) is 4.98 Å². The maximum atomic E-state index is 5.83. The van der Waals surface area contributed by atoms with Crippen LogP contribution in [0.3, 0.4) is 0 Å². The number of nitrogens with one attached hydrogen (secondary N) is 2. The molecule has 2 aromatic carbocycles. The lowest BCUT2D eigenvalue weighted by Crippen LogP contribution is -2.16. The van der Waals surface area contributed by atoms with Crippen LogP contribution in [0.1, 0.15) is 31.5 Å². The summed E-state index contributed by atoms with van der Waals surface area (Å²) in [6.07, 6.45) is 1.02. The highest BCUT2D eigenvalue weighted by Gasteiger charge is 2.06. The molecule has 5 heteroatoms. The van der Waals surface area contributed by atoms with Crippen molar-refractivity contribution in [2.24, 2.45) is 0 Å². The van der Waals surface area contributed by atoms with Gasteiger partial charge in [-0.05, 0) is 50.1 Å². The van der Waals surface area contributed by atoms with E-state index in [-0.39, 0.29) is 0 Å². The Morgan fingerprint density at radius 3 is 2.44 bits per heavy atom. The van der Waals surface area contributed by atoms with Gasteiger partial charge in [0.25, 0.3) is 0 Å². The van der Waals surface area contributed by atoms with E-state index in [0.29, 0.717) is 18.6 Å². The number of aromatic nitrogens is 2. The molecule has 1 atom stereocenters. The van der Waals surface area contributed by atoms with Crippen molar-refractivity contribution in [2.45, 2.75) is 39.8 Å². The molecular weight excluding hydrogens is 336 g/mol. The largest absolute Gasteiger partial charge is 0.489 e. The van der Waals surface area contributed by atoms with Crippen LogP contribution in [0.5, 0.6) is 5.75 Å². The van der Waals surface area contributed by atoms with Crippen LogP contribution in [-0.2, 0) is 6.61 Å². The van der Waals surface area contributed by atoms with Crippen molar-refractivity contribution in [1.82, 2.24) is 9.97 Å². The summed E-state index contributed by atoms with van der Waals surface area (Å²) in [5, 5.41) is 6.65. The van der Waals surface area contributed by atoms with Crippen molar-refractivity contribution in [3.63, 3.8) is 0 Å². The highest BCUT2D eigenvalue weighted by Crippen LogP contribution is 2.21. The average molecular weight is 362 g/mol. The second kappa shape index (κ2) is 9.03. The Balaban J connectivity index is 1.62. The zero-order valence-electron chi connectivity index (χ0n) is 16.1. The Kier molecular flexibility index (Phi) is 6.26. The fraction of sp³-hybridized carbons (Fsp3) is 0.273. The van der Waals surface area contributed by atoms with Gasteiger partial charge >= 0.3 is 0 Å². The highest BCUT2D eigenvalue weighted by molar-refractivity contribution is 5.58. The van der Waals surface area contributed by atoms with E-state index < -0.39 is 0 Å². The number of anilines is 3. The van der Waals surface area contributed by atoms with Crippen molar-refractivity contribution in [2.75, 3.05) is 10.6 Å². The van der Waals surface area contributed by atoms with Crippen LogP contribution in [-0.4, -0.2) is 16.0 Å². The van der Waals surface area contributed by atoms with Crippen LogP contribution in [0, 0.1) is 6.92 Å². The summed E-state index contributed by atoms with van der Waals surface area (Å²) in [4.78, 5) is 9.00. The summed E-state index contributed by atoms with van der Waals surface area (Å²) in [5.74, 6) is 2.25. The second-order valence-corrected chi connectivity index (χ2v) is 6.60. The van der Waals surface area contributed by atoms with E-state index in [2.05, 4.69) is 46.6 Å². The normalized spacial score (nSPS) is 11.7. The zero-order chi connectivity index (χ0) is 19.1. The van der Waals surface area contributed by atoms with Gasteiger partial charge in [-0.25, -0.2) is 4.98 Å². The lowest BCUT2D eigenvalue weighted by Gasteiger charge is -2.14. The molecule has 0 aliphatic carbocycles. The van der Waals surface area contributed by atoms with E-state index in [0.717, 1.165) is 34.9 Å². The predicted octanol–water partition coefficient (Wildman–Crippen LogP) is 5.32. The van der Waals surface area contributed by atoms with Crippen LogP contribution in [0.2, 0.25) is 0 Å². The molecule has 140 valence electrons. The summed E-state index contributed by atoms with van der Waals surface area (Å²) in [6, 6.07) is 20.3. The van der Waals surface area contributed by atoms with Crippen molar-refractivity contribution < 1.29 is 4.74 Å². The minimum absolute atomic E-state index is 0.334. The summed E-state index contributed by atoms with van der Waals surface area (Å²) in [7, 11) is 0. The summed E-state index contributed by atoms with van der Waals surface area (Å²) >= 11 is 0. The van der Waals surface area contributed by atoms with E-state index in [1.165, 1.54) is 0 Å². The van der Waals surface area contributed by atoms with Gasteiger partial charge in [0.2, 0.25) is 5.95 Å². The molecule has 3 rings (SSSR count). The molecule has 2 N–H and O–H groups in total. The zero-order valence-corrected chi connectivity index (χ0v) is 16.1. The third kappa shape index (κ3) is 5.71. The molecule has 0 spiro atoms. The Labute approximate surface area is 160 Å². The van der Waals surface area contributed by atoms with Crippen molar-refractivity contribution in [3.05, 3.63) is 71.9 Å². The van der Waals surface area contributed by atoms with E-state index in [1.54, 1.807) is 0 Å². The Morgan fingerprint density at radius 1 is 1.00 bits per heavy atom. The molecule has 3 aromatic rings. The summed E-state index contributed by atoms with van der Waals surface area (Å²) < 4.78 is 5.83. The van der Waals surface area contributed by atoms with Crippen molar-refractivity contribution >= 4 is 17.5 Å². The smallest absolute Gasteiger partial charge is 0.225 e. The standard InChI is InChI=1S/C22H26N4O/c1-4-16(2)23-22-24-17(3)14-21(26-22)25-19-10-12-20(13-11-19)27-15-18-8-6-5-7-9-18/h5-14,16H,4,15H2,1-3H3,(H2,23,24,25,26). The number of hydrogen-bond donors (Lipinski definition) is 2. The van der Waals surface area contributed by atoms with Crippen LogP contribution in [0.4, 0.5) is 17.5 Å². The highest BCUT2D eigenvalue weighted by atomic mass is 16.5. The lowest BCUT2D eigenvalue weighted by atomic mass is 10.2. The molecule has 0 radical (unpaired) electrons. The van der Waals surface area contributed by atoms with Gasteiger partial charge in [-0.1, -0.05) is 37.3 Å². The number of hydrogen-bond acceptors (Lipinski definition) is 5. The molecule has 0 fully saturated rings. The first-order chi connectivity index (χ1) is 13.1. The average Bonchev–Trinajstić information content (AvgIpc) is 2.67. The molecule has 0 aliphatic heterocycles. The number of nitrogens with zero attached hydrogens (tertiary/aromatic N) is 2. The Morgan fingerprint density at radius 2 is 1.74 bits per heavy atom. The van der Waals surface area contributed by atoms with Crippen LogP contribution >= 0.6 is 0 Å². The predicted molar refractivity (Wildman–Crippen MR) is 111 cm³/mol. The van der Waals surface area contributed by atoms with E-state index in [9.17, 15) is 0 Å². The molecule has 1 heterocycles. The van der Waals surface area contributed by atoms with Crippen LogP contribution < -0.4 is 15.4 Å². The topological polar surface area (TPSA) is 59.1 Å². The third-order valence-electron chi connectivity index (χ3n) is 4.22. The summed E-state index contributed by atoms with van der Waals surface area (Å²) in [5.41, 5.74) is 3.02. The van der Waals surface area contributed by atoms with Crippen LogP contribution in [0.15, 0.2) is 60.7 Å². The van der Waals surface area contributed by atoms with Gasteiger partial charge < -0.3 is 15.4 Å². The third-order valence-corrected chi connectivity index (χ3v) is 4.22. The van der Waals surface area contributed by atoms with Gasteiger partial charge in [-0.15, -0.1) is 0 Å². The van der Waals surface area contributed by atoms with Gasteiger partial charge in [-0.3, -0.25) is 0 Å².